The molecular weight excluding hydrogens is 320 g/mol. The third-order valence-corrected chi connectivity index (χ3v) is 3.22. The number of hydrogen-bond acceptors (Lipinski definition) is 3. The van der Waals surface area contributed by atoms with Crippen molar-refractivity contribution >= 4 is 22.0 Å². The minimum atomic E-state index is -0.449. The summed E-state index contributed by atoms with van der Waals surface area (Å²) in [6, 6.07) is 13.4. The highest BCUT2D eigenvalue weighted by Gasteiger charge is 2.06. The topological polar surface area (TPSA) is 51.2 Å². The quantitative estimate of drug-likeness (QED) is 0.869. The number of carbonyl (C=O) groups excluding carboxylic acids is 1. The number of amides is 1. The van der Waals surface area contributed by atoms with E-state index in [4.69, 9.17) is 4.74 Å². The largest absolute Gasteiger partial charge is 0.445 e. The van der Waals surface area contributed by atoms with Gasteiger partial charge < -0.3 is 10.1 Å². The van der Waals surface area contributed by atoms with Crippen LogP contribution < -0.4 is 5.32 Å². The number of benzene rings is 1. The summed E-state index contributed by atoms with van der Waals surface area (Å²) in [4.78, 5) is 15.9. The molecule has 0 saturated carbocycles. The third kappa shape index (κ3) is 4.35. The van der Waals surface area contributed by atoms with Crippen LogP contribution in [0.25, 0.3) is 0 Å². The molecule has 0 aliphatic heterocycles. The van der Waals surface area contributed by atoms with Crippen molar-refractivity contribution < 1.29 is 9.53 Å². The SMILES string of the molecule is Cc1ccc(Br)nc1CNC(=O)OCc1ccccc1. The zero-order valence-electron chi connectivity index (χ0n) is 11.1. The summed E-state index contributed by atoms with van der Waals surface area (Å²) in [5.74, 6) is 0. The maximum Gasteiger partial charge on any atom is 0.407 e. The van der Waals surface area contributed by atoms with Crippen LogP contribution in [0.4, 0.5) is 4.79 Å². The molecule has 4 nitrogen and oxygen atoms in total. The fourth-order valence-electron chi connectivity index (χ4n) is 1.65. The molecule has 1 N–H and O–H groups in total. The maximum absolute atomic E-state index is 11.6. The number of nitrogens with zero attached hydrogens (tertiary/aromatic N) is 1. The monoisotopic (exact) mass is 334 g/mol. The first kappa shape index (κ1) is 14.5. The first-order valence-electron chi connectivity index (χ1n) is 6.22. The van der Waals surface area contributed by atoms with E-state index in [0.29, 0.717) is 6.54 Å². The predicted molar refractivity (Wildman–Crippen MR) is 80.1 cm³/mol. The molecule has 20 heavy (non-hydrogen) atoms. The lowest BCUT2D eigenvalue weighted by molar-refractivity contribution is 0.139. The highest BCUT2D eigenvalue weighted by molar-refractivity contribution is 9.10. The van der Waals surface area contributed by atoms with Crippen molar-refractivity contribution in [3.63, 3.8) is 0 Å². The number of aromatic nitrogens is 1. The lowest BCUT2D eigenvalue weighted by atomic mass is 10.2. The van der Waals surface area contributed by atoms with E-state index >= 15 is 0 Å². The van der Waals surface area contributed by atoms with Crippen LogP contribution in [0.15, 0.2) is 47.1 Å². The molecule has 0 fully saturated rings. The van der Waals surface area contributed by atoms with Gasteiger partial charge in [0.25, 0.3) is 0 Å². The normalized spacial score (nSPS) is 10.1. The van der Waals surface area contributed by atoms with Gasteiger partial charge in [0.15, 0.2) is 0 Å². The van der Waals surface area contributed by atoms with Crippen LogP contribution in [0.5, 0.6) is 0 Å². The Bertz CT molecular complexity index is 588. The van der Waals surface area contributed by atoms with Gasteiger partial charge in [-0.1, -0.05) is 36.4 Å². The number of alkyl carbamates (subject to hydrolysis) is 1. The van der Waals surface area contributed by atoms with Gasteiger partial charge in [0.1, 0.15) is 11.2 Å². The summed E-state index contributed by atoms with van der Waals surface area (Å²) < 4.78 is 5.88. The second kappa shape index (κ2) is 7.05. The van der Waals surface area contributed by atoms with Crippen molar-refractivity contribution in [1.82, 2.24) is 10.3 Å². The Labute approximate surface area is 126 Å². The van der Waals surface area contributed by atoms with Crippen LogP contribution in [-0.4, -0.2) is 11.1 Å². The Kier molecular flexibility index (Phi) is 5.12. The molecule has 2 rings (SSSR count). The van der Waals surface area contributed by atoms with Crippen molar-refractivity contribution in [1.29, 1.82) is 0 Å². The van der Waals surface area contributed by atoms with Gasteiger partial charge in [-0.3, -0.25) is 0 Å². The van der Waals surface area contributed by atoms with Gasteiger partial charge in [-0.15, -0.1) is 0 Å². The van der Waals surface area contributed by atoms with E-state index in [0.717, 1.165) is 21.4 Å². The lowest BCUT2D eigenvalue weighted by Crippen LogP contribution is -2.24. The maximum atomic E-state index is 11.6. The summed E-state index contributed by atoms with van der Waals surface area (Å²) in [7, 11) is 0. The smallest absolute Gasteiger partial charge is 0.407 e. The molecule has 1 aromatic heterocycles. The van der Waals surface area contributed by atoms with Crippen LogP contribution in [0.2, 0.25) is 0 Å². The molecule has 1 heterocycles. The molecule has 0 saturated heterocycles. The first-order chi connectivity index (χ1) is 9.65. The second-order valence-corrected chi connectivity index (χ2v) is 5.13. The molecular formula is C15H15BrN2O2. The lowest BCUT2D eigenvalue weighted by Gasteiger charge is -2.08. The second-order valence-electron chi connectivity index (χ2n) is 4.31. The van der Waals surface area contributed by atoms with Gasteiger partial charge in [0, 0.05) is 0 Å². The number of rotatable bonds is 4. The van der Waals surface area contributed by atoms with E-state index in [1.165, 1.54) is 0 Å². The molecule has 5 heteroatoms. The number of nitrogens with one attached hydrogen (secondary N) is 1. The molecule has 0 radical (unpaired) electrons. The highest BCUT2D eigenvalue weighted by Crippen LogP contribution is 2.11. The minimum Gasteiger partial charge on any atom is -0.445 e. The Morgan fingerprint density at radius 2 is 2.00 bits per heavy atom. The van der Waals surface area contributed by atoms with Crippen molar-refractivity contribution in [3.8, 4) is 0 Å². The predicted octanol–water partition coefficient (Wildman–Crippen LogP) is 3.58. The molecule has 0 aliphatic rings. The molecule has 104 valence electrons. The molecule has 0 bridgehead atoms. The fourth-order valence-corrected chi connectivity index (χ4v) is 2.00. The van der Waals surface area contributed by atoms with Crippen molar-refractivity contribution in [2.24, 2.45) is 0 Å². The van der Waals surface area contributed by atoms with E-state index < -0.39 is 6.09 Å². The summed E-state index contributed by atoms with van der Waals surface area (Å²) >= 11 is 3.31. The van der Waals surface area contributed by atoms with E-state index in [2.05, 4.69) is 26.2 Å². The highest BCUT2D eigenvalue weighted by atomic mass is 79.9. The number of aryl methyl sites for hydroxylation is 1. The number of pyridine rings is 1. The first-order valence-corrected chi connectivity index (χ1v) is 7.01. The summed E-state index contributed by atoms with van der Waals surface area (Å²) in [5, 5.41) is 2.69. The van der Waals surface area contributed by atoms with Crippen LogP contribution in [0.1, 0.15) is 16.8 Å². The molecule has 0 spiro atoms. The number of carbonyl (C=O) groups is 1. The summed E-state index contributed by atoms with van der Waals surface area (Å²) in [6.07, 6.45) is -0.449. The third-order valence-electron chi connectivity index (χ3n) is 2.78. The summed E-state index contributed by atoms with van der Waals surface area (Å²) in [6.45, 7) is 2.56. The van der Waals surface area contributed by atoms with Gasteiger partial charge in [-0.2, -0.15) is 0 Å². The molecule has 2 aromatic rings. The van der Waals surface area contributed by atoms with Crippen LogP contribution in [0, 0.1) is 6.92 Å². The van der Waals surface area contributed by atoms with E-state index in [1.807, 2.05) is 49.4 Å². The van der Waals surface area contributed by atoms with Crippen molar-refractivity contribution in [2.75, 3.05) is 0 Å². The number of ether oxygens (including phenoxy) is 1. The molecule has 0 aliphatic carbocycles. The Morgan fingerprint density at radius 3 is 2.75 bits per heavy atom. The van der Waals surface area contributed by atoms with Crippen LogP contribution >= 0.6 is 15.9 Å². The average Bonchev–Trinajstić information content (AvgIpc) is 2.47. The van der Waals surface area contributed by atoms with Gasteiger partial charge in [0.2, 0.25) is 0 Å². The van der Waals surface area contributed by atoms with E-state index in [9.17, 15) is 4.79 Å². The average molecular weight is 335 g/mol. The number of hydrogen-bond donors (Lipinski definition) is 1. The van der Waals surface area contributed by atoms with E-state index in [-0.39, 0.29) is 6.61 Å². The standard InChI is InChI=1S/C15H15BrN2O2/c1-11-7-8-14(16)18-13(11)9-17-15(19)20-10-12-5-3-2-4-6-12/h2-8H,9-10H2,1H3,(H,17,19). The van der Waals surface area contributed by atoms with Gasteiger partial charge >= 0.3 is 6.09 Å². The minimum absolute atomic E-state index is 0.261. The fraction of sp³-hybridized carbons (Fsp3) is 0.200. The van der Waals surface area contributed by atoms with Crippen LogP contribution in [0.3, 0.4) is 0 Å². The Balaban J connectivity index is 1.82. The molecule has 0 atom stereocenters. The van der Waals surface area contributed by atoms with Crippen LogP contribution in [-0.2, 0) is 17.9 Å². The van der Waals surface area contributed by atoms with E-state index in [1.54, 1.807) is 0 Å². The zero-order valence-corrected chi connectivity index (χ0v) is 12.7. The zero-order chi connectivity index (χ0) is 14.4. The summed E-state index contributed by atoms with van der Waals surface area (Å²) in [5.41, 5.74) is 2.80. The molecule has 1 amide bonds. The van der Waals surface area contributed by atoms with Gasteiger partial charge in [-0.25, -0.2) is 9.78 Å². The van der Waals surface area contributed by atoms with Gasteiger partial charge in [-0.05, 0) is 40.0 Å². The Hall–Kier alpha value is -1.88. The Morgan fingerprint density at radius 1 is 1.25 bits per heavy atom. The number of halogens is 1. The van der Waals surface area contributed by atoms with Gasteiger partial charge in [0.05, 0.1) is 12.2 Å². The van der Waals surface area contributed by atoms with Crippen molar-refractivity contribution in [3.05, 3.63) is 63.9 Å². The van der Waals surface area contributed by atoms with Crippen molar-refractivity contribution in [2.45, 2.75) is 20.1 Å². The molecule has 1 aromatic carbocycles. The molecule has 0 unspecified atom stereocenters.